The van der Waals surface area contributed by atoms with Gasteiger partial charge in [-0.2, -0.15) is 11.8 Å². The largest absolute Gasteiger partial charge is 0.481 e. The molecule has 0 spiro atoms. The summed E-state index contributed by atoms with van der Waals surface area (Å²) in [5.74, 6) is 0.293. The van der Waals surface area contributed by atoms with Crippen molar-refractivity contribution in [3.63, 3.8) is 0 Å². The number of hydrogen-bond donors (Lipinski definition) is 1. The first-order chi connectivity index (χ1) is 6.68. The Bertz CT molecular complexity index is 297. The van der Waals surface area contributed by atoms with Gasteiger partial charge in [0.05, 0.1) is 6.42 Å². The predicted octanol–water partition coefficient (Wildman–Crippen LogP) is 2.53. The second kappa shape index (κ2) is 5.65. The highest BCUT2D eigenvalue weighted by Crippen LogP contribution is 2.13. The fourth-order valence-corrected chi connectivity index (χ4v) is 1.82. The molecule has 0 radical (unpaired) electrons. The first-order valence-electron chi connectivity index (χ1n) is 4.22. The number of benzene rings is 1. The van der Waals surface area contributed by atoms with Gasteiger partial charge < -0.3 is 5.11 Å². The Labute approximate surface area is 86.1 Å². The van der Waals surface area contributed by atoms with Crippen LogP contribution < -0.4 is 0 Å². The molecule has 2 nitrogen and oxygen atoms in total. The van der Waals surface area contributed by atoms with Crippen LogP contribution in [-0.2, 0) is 10.5 Å². The lowest BCUT2D eigenvalue weighted by Crippen LogP contribution is -1.96. The molecule has 0 aromatic heterocycles. The van der Waals surface area contributed by atoms with Crippen molar-refractivity contribution in [2.24, 2.45) is 0 Å². The average molecular weight is 214 g/mol. The standard InChI is InChI=1S/C10H11FO2S/c11-9-3-1-8(2-4-9)7-14-6-5-10(12)13/h1-4H,5-7H2,(H,12,13). The van der Waals surface area contributed by atoms with Crippen molar-refractivity contribution in [2.75, 3.05) is 5.75 Å². The monoisotopic (exact) mass is 214 g/mol. The molecule has 0 bridgehead atoms. The van der Waals surface area contributed by atoms with Crippen molar-refractivity contribution in [1.29, 1.82) is 0 Å². The van der Waals surface area contributed by atoms with E-state index >= 15 is 0 Å². The maximum absolute atomic E-state index is 12.5. The third-order valence-corrected chi connectivity index (χ3v) is 2.67. The van der Waals surface area contributed by atoms with Gasteiger partial charge in [0.25, 0.3) is 0 Å². The van der Waals surface area contributed by atoms with Gasteiger partial charge in [0.15, 0.2) is 0 Å². The molecular formula is C10H11FO2S. The molecule has 1 N–H and O–H groups in total. The molecule has 0 amide bonds. The molecule has 1 rings (SSSR count). The zero-order valence-corrected chi connectivity index (χ0v) is 8.39. The summed E-state index contributed by atoms with van der Waals surface area (Å²) < 4.78 is 12.5. The third-order valence-electron chi connectivity index (χ3n) is 1.64. The van der Waals surface area contributed by atoms with Crippen LogP contribution in [0.25, 0.3) is 0 Å². The minimum Gasteiger partial charge on any atom is -0.481 e. The highest BCUT2D eigenvalue weighted by atomic mass is 32.2. The minimum atomic E-state index is -0.781. The summed E-state index contributed by atoms with van der Waals surface area (Å²) in [5, 5.41) is 8.38. The SMILES string of the molecule is O=C(O)CCSCc1ccc(F)cc1. The number of thioether (sulfide) groups is 1. The van der Waals surface area contributed by atoms with Crippen LogP contribution >= 0.6 is 11.8 Å². The maximum Gasteiger partial charge on any atom is 0.304 e. The molecular weight excluding hydrogens is 203 g/mol. The third kappa shape index (κ3) is 4.28. The number of carboxylic acid groups (broad SMARTS) is 1. The lowest BCUT2D eigenvalue weighted by Gasteiger charge is -1.99. The summed E-state index contributed by atoms with van der Waals surface area (Å²) in [4.78, 5) is 10.2. The van der Waals surface area contributed by atoms with E-state index in [0.29, 0.717) is 5.75 Å². The Hall–Kier alpha value is -1.03. The van der Waals surface area contributed by atoms with Crippen molar-refractivity contribution in [3.05, 3.63) is 35.6 Å². The second-order valence-electron chi connectivity index (χ2n) is 2.82. The highest BCUT2D eigenvalue weighted by molar-refractivity contribution is 7.98. The van der Waals surface area contributed by atoms with Crippen LogP contribution in [0.1, 0.15) is 12.0 Å². The summed E-state index contributed by atoms with van der Waals surface area (Å²) >= 11 is 1.54. The van der Waals surface area contributed by atoms with Crippen LogP contribution in [-0.4, -0.2) is 16.8 Å². The zero-order chi connectivity index (χ0) is 10.4. The van der Waals surface area contributed by atoms with Gasteiger partial charge in [-0.25, -0.2) is 4.39 Å². The van der Waals surface area contributed by atoms with E-state index < -0.39 is 5.97 Å². The first-order valence-corrected chi connectivity index (χ1v) is 5.38. The van der Waals surface area contributed by atoms with E-state index in [0.717, 1.165) is 11.3 Å². The van der Waals surface area contributed by atoms with E-state index in [1.54, 1.807) is 12.1 Å². The Morgan fingerprint density at radius 2 is 2.00 bits per heavy atom. The lowest BCUT2D eigenvalue weighted by molar-refractivity contribution is -0.136. The van der Waals surface area contributed by atoms with Gasteiger partial charge in [-0.1, -0.05) is 12.1 Å². The molecule has 0 aliphatic heterocycles. The van der Waals surface area contributed by atoms with E-state index in [4.69, 9.17) is 5.11 Å². The molecule has 0 unspecified atom stereocenters. The molecule has 1 aromatic rings. The maximum atomic E-state index is 12.5. The molecule has 0 saturated heterocycles. The van der Waals surface area contributed by atoms with E-state index in [9.17, 15) is 9.18 Å². The van der Waals surface area contributed by atoms with Crippen LogP contribution in [0, 0.1) is 5.82 Å². The predicted molar refractivity (Wildman–Crippen MR) is 54.8 cm³/mol. The van der Waals surface area contributed by atoms with Crippen LogP contribution in [0.3, 0.4) is 0 Å². The lowest BCUT2D eigenvalue weighted by atomic mass is 10.2. The molecule has 0 saturated carbocycles. The van der Waals surface area contributed by atoms with Gasteiger partial charge in [-0.3, -0.25) is 4.79 Å². The van der Waals surface area contributed by atoms with Gasteiger partial charge in [0, 0.05) is 11.5 Å². The normalized spacial score (nSPS) is 10.1. The van der Waals surface area contributed by atoms with Gasteiger partial charge in [-0.15, -0.1) is 0 Å². The van der Waals surface area contributed by atoms with Gasteiger partial charge >= 0.3 is 5.97 Å². The fourth-order valence-electron chi connectivity index (χ4n) is 0.930. The summed E-state index contributed by atoms with van der Waals surface area (Å²) in [6, 6.07) is 6.24. The molecule has 0 heterocycles. The summed E-state index contributed by atoms with van der Waals surface area (Å²) in [6.07, 6.45) is 0.172. The van der Waals surface area contributed by atoms with E-state index in [1.165, 1.54) is 23.9 Å². The van der Waals surface area contributed by atoms with Crippen LogP contribution in [0.15, 0.2) is 24.3 Å². The van der Waals surface area contributed by atoms with Crippen molar-refractivity contribution >= 4 is 17.7 Å². The van der Waals surface area contributed by atoms with Gasteiger partial charge in [0.1, 0.15) is 5.82 Å². The van der Waals surface area contributed by atoms with Crippen molar-refractivity contribution in [2.45, 2.75) is 12.2 Å². The van der Waals surface area contributed by atoms with E-state index in [2.05, 4.69) is 0 Å². The molecule has 76 valence electrons. The van der Waals surface area contributed by atoms with Crippen LogP contribution in [0.5, 0.6) is 0 Å². The molecule has 0 atom stereocenters. The van der Waals surface area contributed by atoms with Gasteiger partial charge in [0.2, 0.25) is 0 Å². The molecule has 0 fully saturated rings. The number of hydrogen-bond acceptors (Lipinski definition) is 2. The van der Waals surface area contributed by atoms with E-state index in [-0.39, 0.29) is 12.2 Å². The summed E-state index contributed by atoms with van der Waals surface area (Å²) in [7, 11) is 0. The molecule has 14 heavy (non-hydrogen) atoms. The smallest absolute Gasteiger partial charge is 0.304 e. The quantitative estimate of drug-likeness (QED) is 0.765. The first kappa shape index (κ1) is 11.0. The Morgan fingerprint density at radius 3 is 2.57 bits per heavy atom. The molecule has 0 aliphatic carbocycles. The highest BCUT2D eigenvalue weighted by Gasteiger charge is 1.98. The number of rotatable bonds is 5. The zero-order valence-electron chi connectivity index (χ0n) is 7.57. The summed E-state index contributed by atoms with van der Waals surface area (Å²) in [6.45, 7) is 0. The topological polar surface area (TPSA) is 37.3 Å². The molecule has 0 aliphatic rings. The molecule has 4 heteroatoms. The molecule has 1 aromatic carbocycles. The van der Waals surface area contributed by atoms with Crippen molar-refractivity contribution < 1.29 is 14.3 Å². The van der Waals surface area contributed by atoms with Gasteiger partial charge in [-0.05, 0) is 17.7 Å². The van der Waals surface area contributed by atoms with Crippen LogP contribution in [0.2, 0.25) is 0 Å². The Morgan fingerprint density at radius 1 is 1.36 bits per heavy atom. The van der Waals surface area contributed by atoms with Crippen molar-refractivity contribution in [1.82, 2.24) is 0 Å². The average Bonchev–Trinajstić information content (AvgIpc) is 2.15. The summed E-state index contributed by atoms with van der Waals surface area (Å²) in [5.41, 5.74) is 1.02. The number of halogens is 1. The van der Waals surface area contributed by atoms with Crippen molar-refractivity contribution in [3.8, 4) is 0 Å². The van der Waals surface area contributed by atoms with Crippen LogP contribution in [0.4, 0.5) is 4.39 Å². The van der Waals surface area contributed by atoms with E-state index in [1.807, 2.05) is 0 Å². The minimum absolute atomic E-state index is 0.172. The number of carboxylic acids is 1. The number of aliphatic carboxylic acids is 1. The second-order valence-corrected chi connectivity index (χ2v) is 3.93. The number of carbonyl (C=O) groups is 1. The Kier molecular flexibility index (Phi) is 4.46. The fraction of sp³-hybridized carbons (Fsp3) is 0.300. The Balaban J connectivity index is 2.25.